The van der Waals surface area contributed by atoms with Gasteiger partial charge in [-0.05, 0) is 36.6 Å². The van der Waals surface area contributed by atoms with Crippen molar-refractivity contribution in [3.63, 3.8) is 0 Å². The number of morpholine rings is 1. The molecule has 0 spiro atoms. The van der Waals surface area contributed by atoms with Gasteiger partial charge in [0.05, 0.1) is 18.9 Å². The summed E-state index contributed by atoms with van der Waals surface area (Å²) < 4.78 is 13.1. The number of rotatable bonds is 5. The molecule has 1 saturated heterocycles. The van der Waals surface area contributed by atoms with Crippen molar-refractivity contribution in [1.29, 1.82) is 0 Å². The van der Waals surface area contributed by atoms with E-state index in [2.05, 4.69) is 10.00 Å². The third kappa shape index (κ3) is 3.52. The number of hydrogen-bond donors (Lipinski definition) is 1. The summed E-state index contributed by atoms with van der Waals surface area (Å²) in [5.41, 5.74) is 1.95. The minimum Gasteiger partial charge on any atom is -0.507 e. The molecule has 0 atom stereocenters. The maximum absolute atomic E-state index is 9.94. The smallest absolute Gasteiger partial charge is 0.233 e. The number of ether oxygens (including phenoxy) is 2. The molecule has 0 saturated carbocycles. The van der Waals surface area contributed by atoms with Crippen LogP contribution in [0, 0.1) is 6.92 Å². The summed E-state index contributed by atoms with van der Waals surface area (Å²) in [7, 11) is 0. The molecule has 0 unspecified atom stereocenters. The molecule has 0 amide bonds. The van der Waals surface area contributed by atoms with Crippen LogP contribution < -0.4 is 4.74 Å². The lowest BCUT2D eigenvalue weighted by atomic mass is 10.1. The molecule has 1 N–H and O–H groups in total. The SMILES string of the molecule is Cc1cc(OCCN2CCOCC2)nn1-c1ccc2c(O)cccc2c1. The summed E-state index contributed by atoms with van der Waals surface area (Å²) in [5.74, 6) is 0.921. The van der Waals surface area contributed by atoms with Gasteiger partial charge >= 0.3 is 0 Å². The lowest BCUT2D eigenvalue weighted by Crippen LogP contribution is -2.38. The number of aromatic hydroxyl groups is 1. The van der Waals surface area contributed by atoms with E-state index in [0.717, 1.165) is 55.0 Å². The first kappa shape index (κ1) is 16.9. The van der Waals surface area contributed by atoms with Crippen LogP contribution in [0.4, 0.5) is 0 Å². The fourth-order valence-electron chi connectivity index (χ4n) is 3.27. The fraction of sp³-hybridized carbons (Fsp3) is 0.350. The van der Waals surface area contributed by atoms with E-state index < -0.39 is 0 Å². The number of aromatic nitrogens is 2. The zero-order valence-electron chi connectivity index (χ0n) is 14.9. The van der Waals surface area contributed by atoms with E-state index in [9.17, 15) is 5.11 Å². The standard InChI is InChI=1S/C20H23N3O3/c1-15-13-20(26-12-9-22-7-10-25-11-8-22)21-23(15)17-5-6-18-16(14-17)3-2-4-19(18)24/h2-6,13-14,24H,7-12H2,1H3. The van der Waals surface area contributed by atoms with Crippen molar-refractivity contribution >= 4 is 10.8 Å². The number of hydrogen-bond acceptors (Lipinski definition) is 5. The largest absolute Gasteiger partial charge is 0.507 e. The highest BCUT2D eigenvalue weighted by Gasteiger charge is 2.12. The Hall–Kier alpha value is -2.57. The van der Waals surface area contributed by atoms with E-state index in [0.29, 0.717) is 18.2 Å². The summed E-state index contributed by atoms with van der Waals surface area (Å²) in [6.07, 6.45) is 0. The first-order valence-corrected chi connectivity index (χ1v) is 8.92. The molecule has 1 aliphatic heterocycles. The predicted molar refractivity (Wildman–Crippen MR) is 100 cm³/mol. The Morgan fingerprint density at radius 2 is 2.00 bits per heavy atom. The molecule has 0 bridgehead atoms. The molecule has 3 aromatic rings. The van der Waals surface area contributed by atoms with Gasteiger partial charge in [0.15, 0.2) is 0 Å². The predicted octanol–water partition coefficient (Wildman–Crippen LogP) is 2.75. The second-order valence-electron chi connectivity index (χ2n) is 6.52. The summed E-state index contributed by atoms with van der Waals surface area (Å²) in [6.45, 7) is 7.01. The summed E-state index contributed by atoms with van der Waals surface area (Å²) >= 11 is 0. The number of phenols is 1. The van der Waals surface area contributed by atoms with Gasteiger partial charge in [0.1, 0.15) is 12.4 Å². The molecular formula is C20H23N3O3. The molecule has 0 radical (unpaired) electrons. The van der Waals surface area contributed by atoms with Gasteiger partial charge in [-0.15, -0.1) is 5.10 Å². The van der Waals surface area contributed by atoms with Crippen molar-refractivity contribution in [3.8, 4) is 17.3 Å². The second kappa shape index (κ2) is 7.35. The topological polar surface area (TPSA) is 59.8 Å². The third-order valence-electron chi connectivity index (χ3n) is 4.71. The van der Waals surface area contributed by atoms with Crippen LogP contribution in [-0.4, -0.2) is 59.2 Å². The van der Waals surface area contributed by atoms with Crippen molar-refractivity contribution in [1.82, 2.24) is 14.7 Å². The molecule has 2 heterocycles. The van der Waals surface area contributed by atoms with E-state index in [1.165, 1.54) is 0 Å². The first-order chi connectivity index (χ1) is 12.7. The minimum atomic E-state index is 0.290. The molecule has 136 valence electrons. The Bertz CT molecular complexity index is 900. The van der Waals surface area contributed by atoms with Crippen molar-refractivity contribution < 1.29 is 14.6 Å². The van der Waals surface area contributed by atoms with Gasteiger partial charge in [-0.3, -0.25) is 4.90 Å². The molecule has 1 fully saturated rings. The molecule has 26 heavy (non-hydrogen) atoms. The van der Waals surface area contributed by atoms with Gasteiger partial charge in [-0.1, -0.05) is 12.1 Å². The molecule has 6 nitrogen and oxygen atoms in total. The van der Waals surface area contributed by atoms with E-state index in [4.69, 9.17) is 9.47 Å². The number of phenolic OH excluding ortho intramolecular Hbond substituents is 1. The van der Waals surface area contributed by atoms with E-state index in [-0.39, 0.29) is 0 Å². The number of benzene rings is 2. The van der Waals surface area contributed by atoms with Gasteiger partial charge in [0, 0.05) is 36.8 Å². The Morgan fingerprint density at radius 1 is 1.15 bits per heavy atom. The van der Waals surface area contributed by atoms with Gasteiger partial charge in [0.25, 0.3) is 0 Å². The van der Waals surface area contributed by atoms with Crippen molar-refractivity contribution in [3.05, 3.63) is 48.2 Å². The van der Waals surface area contributed by atoms with E-state index in [1.807, 2.05) is 48.0 Å². The second-order valence-corrected chi connectivity index (χ2v) is 6.52. The quantitative estimate of drug-likeness (QED) is 0.764. The average molecular weight is 353 g/mol. The van der Waals surface area contributed by atoms with Crippen LogP contribution in [0.3, 0.4) is 0 Å². The molecule has 0 aliphatic carbocycles. The fourth-order valence-corrected chi connectivity index (χ4v) is 3.27. The summed E-state index contributed by atoms with van der Waals surface area (Å²) in [6, 6.07) is 13.4. The van der Waals surface area contributed by atoms with Crippen molar-refractivity contribution in [2.45, 2.75) is 6.92 Å². The van der Waals surface area contributed by atoms with Crippen molar-refractivity contribution in [2.24, 2.45) is 0 Å². The Morgan fingerprint density at radius 3 is 2.85 bits per heavy atom. The van der Waals surface area contributed by atoms with Crippen LogP contribution in [0.2, 0.25) is 0 Å². The average Bonchev–Trinajstić information content (AvgIpc) is 3.03. The van der Waals surface area contributed by atoms with Crippen LogP contribution in [0.5, 0.6) is 11.6 Å². The van der Waals surface area contributed by atoms with E-state index >= 15 is 0 Å². The number of fused-ring (bicyclic) bond motifs is 1. The van der Waals surface area contributed by atoms with Gasteiger partial charge in [-0.25, -0.2) is 4.68 Å². The van der Waals surface area contributed by atoms with Crippen LogP contribution in [0.15, 0.2) is 42.5 Å². The lowest BCUT2D eigenvalue weighted by molar-refractivity contribution is 0.0320. The van der Waals surface area contributed by atoms with Crippen LogP contribution in [-0.2, 0) is 4.74 Å². The van der Waals surface area contributed by atoms with Crippen LogP contribution >= 0.6 is 0 Å². The zero-order valence-corrected chi connectivity index (χ0v) is 14.9. The van der Waals surface area contributed by atoms with Gasteiger partial charge in [-0.2, -0.15) is 0 Å². The minimum absolute atomic E-state index is 0.290. The maximum Gasteiger partial charge on any atom is 0.233 e. The highest BCUT2D eigenvalue weighted by Crippen LogP contribution is 2.27. The third-order valence-corrected chi connectivity index (χ3v) is 4.71. The molecule has 4 rings (SSSR count). The highest BCUT2D eigenvalue weighted by molar-refractivity contribution is 5.89. The molecule has 2 aromatic carbocycles. The Labute approximate surface area is 152 Å². The summed E-state index contributed by atoms with van der Waals surface area (Å²) in [5, 5.41) is 16.3. The van der Waals surface area contributed by atoms with Crippen molar-refractivity contribution in [2.75, 3.05) is 39.5 Å². The number of aryl methyl sites for hydroxylation is 1. The maximum atomic E-state index is 9.94. The Balaban J connectivity index is 1.47. The van der Waals surface area contributed by atoms with Gasteiger partial charge in [0.2, 0.25) is 5.88 Å². The molecule has 1 aromatic heterocycles. The summed E-state index contributed by atoms with van der Waals surface area (Å²) in [4.78, 5) is 2.34. The first-order valence-electron chi connectivity index (χ1n) is 8.92. The van der Waals surface area contributed by atoms with E-state index in [1.54, 1.807) is 6.07 Å². The van der Waals surface area contributed by atoms with Crippen LogP contribution in [0.25, 0.3) is 16.5 Å². The molecular weight excluding hydrogens is 330 g/mol. The lowest BCUT2D eigenvalue weighted by Gasteiger charge is -2.26. The molecule has 6 heteroatoms. The monoisotopic (exact) mass is 353 g/mol. The zero-order chi connectivity index (χ0) is 17.9. The van der Waals surface area contributed by atoms with Gasteiger partial charge < -0.3 is 14.6 Å². The Kier molecular flexibility index (Phi) is 4.77. The van der Waals surface area contributed by atoms with Crippen LogP contribution in [0.1, 0.15) is 5.69 Å². The normalized spacial score (nSPS) is 15.4. The number of nitrogens with zero attached hydrogens (tertiary/aromatic N) is 3. The highest BCUT2D eigenvalue weighted by atomic mass is 16.5. The molecule has 1 aliphatic rings.